The molecule has 2 aromatic rings. The second kappa shape index (κ2) is 5.72. The summed E-state index contributed by atoms with van der Waals surface area (Å²) in [5, 5.41) is 0. The molecule has 4 N–H and O–H groups in total. The first-order valence-electron chi connectivity index (χ1n) is 7.47. The largest absolute Gasteiger partial charge is 0.382 e. The number of hydrogen-bond donors (Lipinski definition) is 2. The molecule has 21 heavy (non-hydrogen) atoms. The zero-order valence-corrected chi connectivity index (χ0v) is 13.9. The zero-order valence-electron chi connectivity index (χ0n) is 12.3. The molecular formula is C16H21BrN4. The Morgan fingerprint density at radius 1 is 1.24 bits per heavy atom. The Bertz CT molecular complexity index is 657. The highest BCUT2D eigenvalue weighted by Crippen LogP contribution is 2.36. The second-order valence-electron chi connectivity index (χ2n) is 5.87. The Morgan fingerprint density at radius 2 is 1.95 bits per heavy atom. The third-order valence-electron chi connectivity index (χ3n) is 4.39. The van der Waals surface area contributed by atoms with E-state index in [9.17, 15) is 0 Å². The summed E-state index contributed by atoms with van der Waals surface area (Å²) in [5.74, 6) is 8.07. The lowest BCUT2D eigenvalue weighted by Gasteiger charge is -2.20. The molecule has 4 nitrogen and oxygen atoms in total. The molecule has 0 radical (unpaired) electrons. The molecule has 0 aliphatic heterocycles. The van der Waals surface area contributed by atoms with Crippen LogP contribution in [0.4, 0.5) is 5.82 Å². The van der Waals surface area contributed by atoms with Crippen LogP contribution in [-0.2, 0) is 0 Å². The monoisotopic (exact) mass is 348 g/mol. The molecule has 0 unspecified atom stereocenters. The minimum absolute atomic E-state index is 0.439. The van der Waals surface area contributed by atoms with Gasteiger partial charge in [0.2, 0.25) is 0 Å². The molecule has 1 aliphatic carbocycles. The van der Waals surface area contributed by atoms with Crippen molar-refractivity contribution in [1.29, 1.82) is 0 Å². The summed E-state index contributed by atoms with van der Waals surface area (Å²) >= 11 is 3.56. The van der Waals surface area contributed by atoms with E-state index in [0.29, 0.717) is 11.7 Å². The zero-order chi connectivity index (χ0) is 15.0. The van der Waals surface area contributed by atoms with Gasteiger partial charge >= 0.3 is 0 Å². The molecular weight excluding hydrogens is 328 g/mol. The van der Waals surface area contributed by atoms with Gasteiger partial charge in [-0.25, -0.2) is 9.66 Å². The molecule has 1 heterocycles. The minimum atomic E-state index is 0.439. The van der Waals surface area contributed by atoms with Gasteiger partial charge in [0.1, 0.15) is 11.5 Å². The molecule has 3 rings (SSSR count). The number of aromatic nitrogens is 2. The van der Waals surface area contributed by atoms with E-state index in [4.69, 9.17) is 16.6 Å². The van der Waals surface area contributed by atoms with E-state index in [-0.39, 0.29) is 0 Å². The average molecular weight is 349 g/mol. The fraction of sp³-hybridized carbons (Fsp3) is 0.438. The average Bonchev–Trinajstić information content (AvgIpc) is 2.79. The summed E-state index contributed by atoms with van der Waals surface area (Å²) < 4.78 is 2.64. The van der Waals surface area contributed by atoms with Gasteiger partial charge in [-0.1, -0.05) is 47.3 Å². The van der Waals surface area contributed by atoms with E-state index in [2.05, 4.69) is 35.0 Å². The Hall–Kier alpha value is -1.49. The van der Waals surface area contributed by atoms with Crippen LogP contribution in [0.5, 0.6) is 0 Å². The Balaban J connectivity index is 2.01. The minimum Gasteiger partial charge on any atom is -0.382 e. The normalized spacial score (nSPS) is 16.3. The maximum Gasteiger partial charge on any atom is 0.150 e. The maximum absolute atomic E-state index is 6.19. The Morgan fingerprint density at radius 3 is 2.62 bits per heavy atom. The van der Waals surface area contributed by atoms with E-state index in [0.717, 1.165) is 34.4 Å². The third-order valence-corrected chi connectivity index (χ3v) is 5.25. The number of nitrogens with two attached hydrogens (primary N) is 2. The predicted molar refractivity (Wildman–Crippen MR) is 90.5 cm³/mol. The van der Waals surface area contributed by atoms with Crippen LogP contribution in [0.25, 0.3) is 11.3 Å². The number of aryl methyl sites for hydroxylation is 1. The van der Waals surface area contributed by atoms with Crippen molar-refractivity contribution < 1.29 is 0 Å². The number of hydrogen-bond acceptors (Lipinski definition) is 3. The smallest absolute Gasteiger partial charge is 0.150 e. The number of rotatable bonds is 2. The first kappa shape index (κ1) is 14.4. The Kier molecular flexibility index (Phi) is 3.93. The van der Waals surface area contributed by atoms with Crippen molar-refractivity contribution in [3.8, 4) is 11.3 Å². The van der Waals surface area contributed by atoms with Gasteiger partial charge < -0.3 is 11.6 Å². The lowest BCUT2D eigenvalue weighted by Crippen LogP contribution is -2.19. The summed E-state index contributed by atoms with van der Waals surface area (Å²) in [7, 11) is 0. The molecule has 1 aromatic heterocycles. The fourth-order valence-corrected chi connectivity index (χ4v) is 3.44. The number of nitrogens with zero attached hydrogens (tertiary/aromatic N) is 2. The molecule has 1 saturated carbocycles. The lowest BCUT2D eigenvalue weighted by atomic mass is 9.89. The van der Waals surface area contributed by atoms with Crippen LogP contribution in [0.1, 0.15) is 49.4 Å². The number of benzene rings is 1. The van der Waals surface area contributed by atoms with Gasteiger partial charge in [0.25, 0.3) is 0 Å². The molecule has 0 saturated heterocycles. The van der Waals surface area contributed by atoms with Gasteiger partial charge in [0.05, 0.1) is 0 Å². The van der Waals surface area contributed by atoms with Crippen molar-refractivity contribution in [2.45, 2.75) is 44.9 Å². The van der Waals surface area contributed by atoms with Gasteiger partial charge in [-0.15, -0.1) is 0 Å². The predicted octanol–water partition coefficient (Wildman–Crippen LogP) is 3.96. The summed E-state index contributed by atoms with van der Waals surface area (Å²) in [6, 6.07) is 6.16. The molecule has 5 heteroatoms. The summed E-state index contributed by atoms with van der Waals surface area (Å²) in [6.45, 7) is 2.06. The molecule has 1 aliphatic rings. The molecule has 0 spiro atoms. The Labute approximate surface area is 133 Å². The van der Waals surface area contributed by atoms with Crippen molar-refractivity contribution >= 4 is 21.7 Å². The van der Waals surface area contributed by atoms with Crippen LogP contribution in [0, 0.1) is 6.92 Å². The molecule has 0 bridgehead atoms. The van der Waals surface area contributed by atoms with Crippen molar-refractivity contribution in [2.75, 3.05) is 11.6 Å². The standard InChI is InChI=1S/C16H21BrN4/c1-10-7-8-12(9-13(10)17)14-15(18)21(19)16(20-14)11-5-3-2-4-6-11/h7-9,11H,2-6,18-19H2,1H3. The fourth-order valence-electron chi connectivity index (χ4n) is 3.06. The topological polar surface area (TPSA) is 69.9 Å². The van der Waals surface area contributed by atoms with E-state index >= 15 is 0 Å². The number of halogens is 1. The van der Waals surface area contributed by atoms with E-state index in [1.54, 1.807) is 4.68 Å². The number of anilines is 1. The maximum atomic E-state index is 6.19. The lowest BCUT2D eigenvalue weighted by molar-refractivity contribution is 0.424. The summed E-state index contributed by atoms with van der Waals surface area (Å²) in [6.07, 6.45) is 6.14. The third kappa shape index (κ3) is 2.67. The van der Waals surface area contributed by atoms with E-state index in [1.807, 2.05) is 6.07 Å². The van der Waals surface area contributed by atoms with E-state index in [1.165, 1.54) is 24.8 Å². The van der Waals surface area contributed by atoms with Crippen LogP contribution >= 0.6 is 15.9 Å². The summed E-state index contributed by atoms with van der Waals surface area (Å²) in [4.78, 5) is 4.77. The molecule has 1 aromatic carbocycles. The van der Waals surface area contributed by atoms with Crippen LogP contribution in [0.2, 0.25) is 0 Å². The highest BCUT2D eigenvalue weighted by molar-refractivity contribution is 9.10. The van der Waals surface area contributed by atoms with Crippen molar-refractivity contribution in [1.82, 2.24) is 9.66 Å². The SMILES string of the molecule is Cc1ccc(-c2nc(C3CCCCC3)n(N)c2N)cc1Br. The molecule has 1 fully saturated rings. The molecule has 0 atom stereocenters. The van der Waals surface area contributed by atoms with Gasteiger partial charge in [-0.05, 0) is 31.4 Å². The van der Waals surface area contributed by atoms with Crippen LogP contribution in [-0.4, -0.2) is 9.66 Å². The van der Waals surface area contributed by atoms with Crippen molar-refractivity contribution in [3.05, 3.63) is 34.1 Å². The van der Waals surface area contributed by atoms with Gasteiger partial charge in [0.15, 0.2) is 5.82 Å². The van der Waals surface area contributed by atoms with Gasteiger partial charge in [-0.2, -0.15) is 0 Å². The quantitative estimate of drug-likeness (QED) is 0.806. The highest BCUT2D eigenvalue weighted by atomic mass is 79.9. The molecule has 112 valence electrons. The highest BCUT2D eigenvalue weighted by Gasteiger charge is 2.24. The van der Waals surface area contributed by atoms with Crippen LogP contribution in [0.15, 0.2) is 22.7 Å². The van der Waals surface area contributed by atoms with Gasteiger partial charge in [0, 0.05) is 16.0 Å². The van der Waals surface area contributed by atoms with Crippen LogP contribution < -0.4 is 11.6 Å². The second-order valence-corrected chi connectivity index (χ2v) is 6.73. The summed E-state index contributed by atoms with van der Waals surface area (Å²) in [5.41, 5.74) is 9.18. The van der Waals surface area contributed by atoms with Crippen LogP contribution in [0.3, 0.4) is 0 Å². The van der Waals surface area contributed by atoms with Crippen molar-refractivity contribution in [3.63, 3.8) is 0 Å². The number of nitrogen functional groups attached to an aromatic ring is 2. The number of imidazole rings is 1. The van der Waals surface area contributed by atoms with E-state index < -0.39 is 0 Å². The molecule has 0 amide bonds. The first-order valence-corrected chi connectivity index (χ1v) is 8.27. The first-order chi connectivity index (χ1) is 10.1. The van der Waals surface area contributed by atoms with Gasteiger partial charge in [-0.3, -0.25) is 0 Å². The van der Waals surface area contributed by atoms with Crippen molar-refractivity contribution in [2.24, 2.45) is 0 Å².